The number of hydrogen-bond donors (Lipinski definition) is 1. The molecule has 0 saturated heterocycles. The van der Waals surface area contributed by atoms with Crippen LogP contribution in [0, 0.1) is 5.82 Å². The van der Waals surface area contributed by atoms with Crippen LogP contribution in [0.2, 0.25) is 0 Å². The van der Waals surface area contributed by atoms with Crippen molar-refractivity contribution in [2.24, 2.45) is 0 Å². The van der Waals surface area contributed by atoms with Crippen LogP contribution in [0.3, 0.4) is 0 Å². The third kappa shape index (κ3) is 3.49. The molecule has 1 aromatic rings. The summed E-state index contributed by atoms with van der Waals surface area (Å²) in [6.07, 6.45) is 1.07. The second kappa shape index (κ2) is 6.48. The van der Waals surface area contributed by atoms with Crippen molar-refractivity contribution in [1.29, 1.82) is 0 Å². The van der Waals surface area contributed by atoms with E-state index in [0.717, 1.165) is 18.5 Å². The van der Waals surface area contributed by atoms with Crippen molar-refractivity contribution in [2.45, 2.75) is 33.2 Å². The predicted molar refractivity (Wildman–Crippen MR) is 64.3 cm³/mol. The molecule has 0 radical (unpaired) electrons. The maximum Gasteiger partial charge on any atom is 0.165 e. The molecule has 1 atom stereocenters. The summed E-state index contributed by atoms with van der Waals surface area (Å²) in [4.78, 5) is 0. The fraction of sp³-hybridized carbons (Fsp3) is 0.538. The summed E-state index contributed by atoms with van der Waals surface area (Å²) in [6.45, 7) is 7.41. The molecular formula is C13H20FNO. The molecule has 0 bridgehead atoms. The maximum atomic E-state index is 13.6. The Kier molecular flexibility index (Phi) is 5.26. The number of halogens is 1. The lowest BCUT2D eigenvalue weighted by Crippen LogP contribution is -2.19. The van der Waals surface area contributed by atoms with Crippen LogP contribution >= 0.6 is 0 Å². The van der Waals surface area contributed by atoms with Gasteiger partial charge in [-0.2, -0.15) is 0 Å². The first-order chi connectivity index (χ1) is 7.69. The number of rotatable bonds is 6. The topological polar surface area (TPSA) is 21.3 Å². The normalized spacial score (nSPS) is 12.5. The second-order valence-corrected chi connectivity index (χ2v) is 3.80. The van der Waals surface area contributed by atoms with E-state index in [2.05, 4.69) is 12.2 Å². The molecule has 0 heterocycles. The minimum absolute atomic E-state index is 0.171. The fourth-order valence-electron chi connectivity index (χ4n) is 1.54. The van der Waals surface area contributed by atoms with E-state index in [1.165, 1.54) is 0 Å². The Morgan fingerprint density at radius 3 is 2.69 bits per heavy atom. The Bertz CT molecular complexity index is 328. The highest BCUT2D eigenvalue weighted by Crippen LogP contribution is 2.21. The average Bonchev–Trinajstić information content (AvgIpc) is 2.29. The molecule has 0 spiro atoms. The summed E-state index contributed by atoms with van der Waals surface area (Å²) >= 11 is 0. The monoisotopic (exact) mass is 225 g/mol. The maximum absolute atomic E-state index is 13.6. The van der Waals surface area contributed by atoms with Crippen LogP contribution in [0.4, 0.5) is 4.39 Å². The number of hydrogen-bond acceptors (Lipinski definition) is 2. The molecule has 0 amide bonds. The SMILES string of the molecule is CCCNC(C)c1ccc(OCC)c(F)c1. The van der Waals surface area contributed by atoms with Crippen molar-refractivity contribution in [1.82, 2.24) is 5.32 Å². The summed E-state index contributed by atoms with van der Waals surface area (Å²) in [5.74, 6) is 0.0402. The first kappa shape index (κ1) is 13.0. The molecule has 0 fully saturated rings. The van der Waals surface area contributed by atoms with Gasteiger partial charge in [0.15, 0.2) is 11.6 Å². The van der Waals surface area contributed by atoms with Gasteiger partial charge in [0.25, 0.3) is 0 Å². The fourth-order valence-corrected chi connectivity index (χ4v) is 1.54. The zero-order valence-electron chi connectivity index (χ0n) is 10.2. The predicted octanol–water partition coefficient (Wildman–Crippen LogP) is 3.29. The van der Waals surface area contributed by atoms with E-state index < -0.39 is 0 Å². The van der Waals surface area contributed by atoms with Gasteiger partial charge in [-0.25, -0.2) is 4.39 Å². The van der Waals surface area contributed by atoms with Crippen molar-refractivity contribution in [3.05, 3.63) is 29.6 Å². The van der Waals surface area contributed by atoms with Gasteiger partial charge >= 0.3 is 0 Å². The highest BCUT2D eigenvalue weighted by atomic mass is 19.1. The van der Waals surface area contributed by atoms with E-state index in [0.29, 0.717) is 12.4 Å². The lowest BCUT2D eigenvalue weighted by molar-refractivity contribution is 0.321. The van der Waals surface area contributed by atoms with Gasteiger partial charge in [-0.15, -0.1) is 0 Å². The Morgan fingerprint density at radius 1 is 1.38 bits per heavy atom. The molecule has 3 heteroatoms. The Balaban J connectivity index is 2.71. The van der Waals surface area contributed by atoms with Crippen molar-refractivity contribution in [3.63, 3.8) is 0 Å². The number of ether oxygens (including phenoxy) is 1. The molecular weight excluding hydrogens is 205 g/mol. The van der Waals surface area contributed by atoms with Crippen molar-refractivity contribution in [3.8, 4) is 5.75 Å². The third-order valence-corrected chi connectivity index (χ3v) is 2.46. The smallest absolute Gasteiger partial charge is 0.165 e. The molecule has 0 aliphatic heterocycles. The largest absolute Gasteiger partial charge is 0.491 e. The van der Waals surface area contributed by atoms with E-state index >= 15 is 0 Å². The average molecular weight is 225 g/mol. The van der Waals surface area contributed by atoms with Crippen LogP contribution < -0.4 is 10.1 Å². The van der Waals surface area contributed by atoms with Crippen LogP contribution in [0.5, 0.6) is 5.75 Å². The molecule has 16 heavy (non-hydrogen) atoms. The molecule has 0 saturated carbocycles. The number of benzene rings is 1. The van der Waals surface area contributed by atoms with Crippen LogP contribution in [-0.2, 0) is 0 Å². The molecule has 2 nitrogen and oxygen atoms in total. The Hall–Kier alpha value is -1.09. The van der Waals surface area contributed by atoms with Gasteiger partial charge < -0.3 is 10.1 Å². The minimum atomic E-state index is -0.288. The van der Waals surface area contributed by atoms with E-state index in [1.54, 1.807) is 12.1 Å². The number of nitrogens with one attached hydrogen (secondary N) is 1. The molecule has 1 rings (SSSR count). The summed E-state index contributed by atoms with van der Waals surface area (Å²) in [6, 6.07) is 5.31. The second-order valence-electron chi connectivity index (χ2n) is 3.80. The molecule has 1 unspecified atom stereocenters. The van der Waals surface area contributed by atoms with E-state index in [4.69, 9.17) is 4.74 Å². The standard InChI is InChI=1S/C13H20FNO/c1-4-8-15-10(3)11-6-7-13(16-5-2)12(14)9-11/h6-7,9-10,15H,4-5,8H2,1-3H3. The van der Waals surface area contributed by atoms with Crippen molar-refractivity contribution in [2.75, 3.05) is 13.2 Å². The first-order valence-corrected chi connectivity index (χ1v) is 5.84. The van der Waals surface area contributed by atoms with Gasteiger partial charge in [0.05, 0.1) is 6.61 Å². The van der Waals surface area contributed by atoms with Gasteiger partial charge in [0, 0.05) is 6.04 Å². The zero-order chi connectivity index (χ0) is 12.0. The third-order valence-electron chi connectivity index (χ3n) is 2.46. The molecule has 0 aromatic heterocycles. The van der Waals surface area contributed by atoms with E-state index in [9.17, 15) is 4.39 Å². The van der Waals surface area contributed by atoms with E-state index in [-0.39, 0.29) is 11.9 Å². The molecule has 90 valence electrons. The van der Waals surface area contributed by atoms with Gasteiger partial charge in [-0.3, -0.25) is 0 Å². The van der Waals surface area contributed by atoms with Gasteiger partial charge in [-0.1, -0.05) is 13.0 Å². The minimum Gasteiger partial charge on any atom is -0.491 e. The molecule has 1 N–H and O–H groups in total. The lowest BCUT2D eigenvalue weighted by atomic mass is 10.1. The quantitative estimate of drug-likeness (QED) is 0.802. The van der Waals surface area contributed by atoms with Crippen LogP contribution in [0.25, 0.3) is 0 Å². The van der Waals surface area contributed by atoms with Crippen molar-refractivity contribution >= 4 is 0 Å². The molecule has 1 aromatic carbocycles. The van der Waals surface area contributed by atoms with Gasteiger partial charge in [0.1, 0.15) is 0 Å². The lowest BCUT2D eigenvalue weighted by Gasteiger charge is -2.14. The first-order valence-electron chi connectivity index (χ1n) is 5.84. The Morgan fingerprint density at radius 2 is 2.12 bits per heavy atom. The summed E-state index contributed by atoms with van der Waals surface area (Å²) in [5.41, 5.74) is 0.953. The van der Waals surface area contributed by atoms with E-state index in [1.807, 2.05) is 19.9 Å². The summed E-state index contributed by atoms with van der Waals surface area (Å²) < 4.78 is 18.7. The van der Waals surface area contributed by atoms with Crippen LogP contribution in [0.1, 0.15) is 38.8 Å². The van der Waals surface area contributed by atoms with Gasteiger partial charge in [-0.05, 0) is 44.5 Å². The summed E-state index contributed by atoms with van der Waals surface area (Å²) in [5, 5.41) is 3.32. The summed E-state index contributed by atoms with van der Waals surface area (Å²) in [7, 11) is 0. The highest BCUT2D eigenvalue weighted by Gasteiger charge is 2.08. The zero-order valence-corrected chi connectivity index (χ0v) is 10.2. The Labute approximate surface area is 96.8 Å². The highest BCUT2D eigenvalue weighted by molar-refractivity contribution is 5.30. The van der Waals surface area contributed by atoms with Crippen molar-refractivity contribution < 1.29 is 9.13 Å². The molecule has 0 aliphatic rings. The van der Waals surface area contributed by atoms with Crippen LogP contribution in [0.15, 0.2) is 18.2 Å². The van der Waals surface area contributed by atoms with Gasteiger partial charge in [0.2, 0.25) is 0 Å². The van der Waals surface area contributed by atoms with Crippen LogP contribution in [-0.4, -0.2) is 13.2 Å². The molecule has 0 aliphatic carbocycles.